The maximum atomic E-state index is 12.9. The van der Waals surface area contributed by atoms with Crippen LogP contribution in [0.3, 0.4) is 0 Å². The minimum absolute atomic E-state index is 0.0533. The van der Waals surface area contributed by atoms with E-state index in [0.29, 0.717) is 15.1 Å². The van der Waals surface area contributed by atoms with Gasteiger partial charge in [-0.25, -0.2) is 9.38 Å². The van der Waals surface area contributed by atoms with Crippen molar-refractivity contribution in [1.29, 1.82) is 0 Å². The number of hydrogen-bond donors (Lipinski definition) is 0. The Morgan fingerprint density at radius 2 is 1.93 bits per heavy atom. The number of hydrogen-bond acceptors (Lipinski definition) is 5. The molecule has 0 aliphatic heterocycles. The first-order valence-electron chi connectivity index (χ1n) is 7.83. The summed E-state index contributed by atoms with van der Waals surface area (Å²) in [4.78, 5) is 28.6. The van der Waals surface area contributed by atoms with Crippen molar-refractivity contribution in [3.63, 3.8) is 0 Å². The summed E-state index contributed by atoms with van der Waals surface area (Å²) in [6.45, 7) is 3.92. The Bertz CT molecular complexity index is 1370. The predicted octanol–water partition coefficient (Wildman–Crippen LogP) is 4.29. The Morgan fingerprint density at radius 1 is 1.19 bits per heavy atom. The maximum absolute atomic E-state index is 12.9. The zero-order valence-corrected chi connectivity index (χ0v) is 16.4. The van der Waals surface area contributed by atoms with E-state index in [4.69, 9.17) is 23.2 Å². The average molecular weight is 420 g/mol. The van der Waals surface area contributed by atoms with E-state index in [-0.39, 0.29) is 21.3 Å². The lowest BCUT2D eigenvalue weighted by atomic mass is 10.1. The lowest BCUT2D eigenvalue weighted by Crippen LogP contribution is -2.22. The highest BCUT2D eigenvalue weighted by molar-refractivity contribution is 7.15. The highest BCUT2D eigenvalue weighted by Crippen LogP contribution is 2.31. The van der Waals surface area contributed by atoms with E-state index in [9.17, 15) is 14.9 Å². The Kier molecular flexibility index (Phi) is 4.18. The number of nitro groups is 1. The smallest absolute Gasteiger partial charge is 0.267 e. The molecule has 9 heteroatoms. The van der Waals surface area contributed by atoms with Gasteiger partial charge in [0.05, 0.1) is 20.5 Å². The zero-order chi connectivity index (χ0) is 19.5. The van der Waals surface area contributed by atoms with Crippen LogP contribution in [0.25, 0.3) is 22.1 Å². The molecule has 0 N–H and O–H groups in total. The molecular formula is C18H11Cl2N3O3S. The molecule has 4 rings (SSSR count). The highest BCUT2D eigenvalue weighted by atomic mass is 35.5. The molecule has 136 valence electrons. The topological polar surface area (TPSA) is 77.5 Å². The molecule has 0 saturated carbocycles. The van der Waals surface area contributed by atoms with Crippen molar-refractivity contribution in [3.8, 4) is 0 Å². The first-order valence-corrected chi connectivity index (χ1v) is 9.41. The summed E-state index contributed by atoms with van der Waals surface area (Å²) in [7, 11) is 0. The van der Waals surface area contributed by atoms with Crippen LogP contribution < -0.4 is 10.1 Å². The molecule has 2 aromatic carbocycles. The third kappa shape index (κ3) is 2.88. The maximum Gasteiger partial charge on any atom is 0.288 e. The fourth-order valence-electron chi connectivity index (χ4n) is 3.06. The van der Waals surface area contributed by atoms with Crippen LogP contribution in [0, 0.1) is 24.0 Å². The van der Waals surface area contributed by atoms with Crippen molar-refractivity contribution in [3.05, 3.63) is 76.0 Å². The molecule has 0 atom stereocenters. The van der Waals surface area contributed by atoms with Gasteiger partial charge in [-0.15, -0.1) is 0 Å². The summed E-state index contributed by atoms with van der Waals surface area (Å²) in [6.07, 6.45) is 1.53. The summed E-state index contributed by atoms with van der Waals surface area (Å²) in [6, 6.07) is 6.50. The Labute approximate surface area is 166 Å². The normalized spacial score (nSPS) is 12.4. The van der Waals surface area contributed by atoms with Crippen molar-refractivity contribution >= 4 is 62.3 Å². The highest BCUT2D eigenvalue weighted by Gasteiger charge is 2.17. The van der Waals surface area contributed by atoms with E-state index in [2.05, 4.69) is 4.98 Å². The molecule has 6 nitrogen and oxygen atoms in total. The third-order valence-electron chi connectivity index (χ3n) is 4.23. The number of fused-ring (bicyclic) bond motifs is 3. The first-order chi connectivity index (χ1) is 12.8. The Morgan fingerprint density at radius 3 is 2.63 bits per heavy atom. The van der Waals surface area contributed by atoms with Gasteiger partial charge in [0.15, 0.2) is 4.96 Å². The van der Waals surface area contributed by atoms with Gasteiger partial charge in [0.2, 0.25) is 0 Å². The number of aryl methyl sites for hydroxylation is 2. The molecule has 0 radical (unpaired) electrons. The number of nitrogens with zero attached hydrogens (tertiary/aromatic N) is 3. The van der Waals surface area contributed by atoms with Gasteiger partial charge in [-0.1, -0.05) is 40.6 Å². The summed E-state index contributed by atoms with van der Waals surface area (Å²) < 4.78 is 1.95. The third-order valence-corrected chi connectivity index (χ3v) is 5.83. The predicted molar refractivity (Wildman–Crippen MR) is 108 cm³/mol. The number of aromatic nitrogens is 2. The fourth-order valence-corrected chi connectivity index (χ4v) is 4.53. The van der Waals surface area contributed by atoms with Crippen LogP contribution in [0.4, 0.5) is 5.69 Å². The monoisotopic (exact) mass is 419 g/mol. The van der Waals surface area contributed by atoms with Crippen LogP contribution >= 0.6 is 34.5 Å². The van der Waals surface area contributed by atoms with Crippen molar-refractivity contribution in [2.24, 2.45) is 0 Å². The second-order valence-electron chi connectivity index (χ2n) is 6.18. The van der Waals surface area contributed by atoms with Gasteiger partial charge in [-0.3, -0.25) is 14.9 Å². The summed E-state index contributed by atoms with van der Waals surface area (Å²) in [5.74, 6) is 0. The van der Waals surface area contributed by atoms with Gasteiger partial charge in [-0.05, 0) is 43.2 Å². The van der Waals surface area contributed by atoms with Crippen molar-refractivity contribution in [1.82, 2.24) is 9.38 Å². The molecule has 0 saturated heterocycles. The van der Waals surface area contributed by atoms with Crippen molar-refractivity contribution in [2.45, 2.75) is 13.8 Å². The Balaban J connectivity index is 2.01. The van der Waals surface area contributed by atoms with Crippen molar-refractivity contribution < 1.29 is 4.92 Å². The van der Waals surface area contributed by atoms with E-state index in [0.717, 1.165) is 22.2 Å². The molecule has 0 spiro atoms. The number of benzene rings is 2. The Hall–Kier alpha value is -2.48. The standard InChI is InChI=1S/C18H11Cl2N3O3S/c1-8-3-9(2)16-14(4-8)22-17(24)15(27-18(22)21-16)6-10-5-13(23(25)26)12(20)7-11(10)19/h3-7H,1-2H3. The van der Waals surface area contributed by atoms with Crippen LogP contribution in [0.1, 0.15) is 16.7 Å². The van der Waals surface area contributed by atoms with E-state index < -0.39 is 4.92 Å². The quantitative estimate of drug-likeness (QED) is 0.358. The molecule has 0 unspecified atom stereocenters. The minimum atomic E-state index is -0.589. The molecule has 2 aromatic heterocycles. The zero-order valence-electron chi connectivity index (χ0n) is 14.1. The van der Waals surface area contributed by atoms with Crippen LogP contribution in [-0.4, -0.2) is 14.3 Å². The number of halogens is 2. The molecule has 27 heavy (non-hydrogen) atoms. The van der Waals surface area contributed by atoms with Gasteiger partial charge in [0.1, 0.15) is 5.02 Å². The second-order valence-corrected chi connectivity index (χ2v) is 8.00. The molecular weight excluding hydrogens is 409 g/mol. The number of rotatable bonds is 2. The number of nitro benzene ring substituents is 1. The summed E-state index contributed by atoms with van der Waals surface area (Å²) in [5, 5.41) is 11.3. The van der Waals surface area contributed by atoms with E-state index in [1.165, 1.54) is 29.5 Å². The van der Waals surface area contributed by atoms with Crippen LogP contribution in [-0.2, 0) is 0 Å². The fraction of sp³-hybridized carbons (Fsp3) is 0.111. The van der Waals surface area contributed by atoms with Crippen LogP contribution in [0.5, 0.6) is 0 Å². The SMILES string of the molecule is Cc1cc(C)c2nc3sc(=Cc4cc([N+](=O)[O-])c(Cl)cc4Cl)c(=O)n3c2c1. The van der Waals surface area contributed by atoms with Crippen molar-refractivity contribution in [2.75, 3.05) is 0 Å². The molecule has 0 aliphatic rings. The molecule has 2 heterocycles. The minimum Gasteiger partial charge on any atom is -0.267 e. The van der Waals surface area contributed by atoms with E-state index in [1.54, 1.807) is 4.40 Å². The second kappa shape index (κ2) is 6.30. The van der Waals surface area contributed by atoms with Crippen LogP contribution in [0.15, 0.2) is 29.1 Å². The molecule has 0 bridgehead atoms. The van der Waals surface area contributed by atoms with E-state index >= 15 is 0 Å². The lowest BCUT2D eigenvalue weighted by Gasteiger charge is -2.00. The number of imidazole rings is 1. The van der Waals surface area contributed by atoms with Gasteiger partial charge >= 0.3 is 0 Å². The van der Waals surface area contributed by atoms with Gasteiger partial charge in [0, 0.05) is 16.7 Å². The van der Waals surface area contributed by atoms with Gasteiger partial charge in [-0.2, -0.15) is 0 Å². The molecule has 4 aromatic rings. The lowest BCUT2D eigenvalue weighted by molar-refractivity contribution is -0.384. The average Bonchev–Trinajstić information content (AvgIpc) is 3.07. The van der Waals surface area contributed by atoms with Crippen LogP contribution in [0.2, 0.25) is 10.0 Å². The molecule has 0 amide bonds. The number of thiazole rings is 1. The molecule has 0 aliphatic carbocycles. The van der Waals surface area contributed by atoms with E-state index in [1.807, 2.05) is 26.0 Å². The largest absolute Gasteiger partial charge is 0.288 e. The van der Waals surface area contributed by atoms with Gasteiger partial charge in [0.25, 0.3) is 11.2 Å². The summed E-state index contributed by atoms with van der Waals surface area (Å²) in [5.41, 5.74) is 3.42. The summed E-state index contributed by atoms with van der Waals surface area (Å²) >= 11 is 13.2. The molecule has 0 fully saturated rings. The van der Waals surface area contributed by atoms with Gasteiger partial charge < -0.3 is 0 Å². The first kappa shape index (κ1) is 17.9.